The zero-order valence-corrected chi connectivity index (χ0v) is 9.55. The molecule has 0 fully saturated rings. The lowest BCUT2D eigenvalue weighted by atomic mass is 10.0. The molecular formula is C10H11ClFN3O2. The second-order valence-electron chi connectivity index (χ2n) is 3.46. The second kappa shape index (κ2) is 6.42. The van der Waals surface area contributed by atoms with Gasteiger partial charge in [-0.3, -0.25) is 0 Å². The van der Waals surface area contributed by atoms with Crippen LogP contribution in [0.1, 0.15) is 18.1 Å². The largest absolute Gasteiger partial charge is 0.390 e. The first-order chi connectivity index (χ1) is 8.04. The van der Waals surface area contributed by atoms with E-state index in [1.54, 1.807) is 0 Å². The van der Waals surface area contributed by atoms with Crippen molar-refractivity contribution < 1.29 is 14.6 Å². The molecule has 0 heterocycles. The van der Waals surface area contributed by atoms with E-state index in [0.29, 0.717) is 0 Å². The lowest BCUT2D eigenvalue weighted by molar-refractivity contribution is 0.0149. The van der Waals surface area contributed by atoms with Crippen molar-refractivity contribution in [2.45, 2.75) is 18.6 Å². The molecule has 2 N–H and O–H groups in total. The molecule has 0 aromatic heterocycles. The lowest BCUT2D eigenvalue weighted by Gasteiger charge is -2.17. The van der Waals surface area contributed by atoms with E-state index in [9.17, 15) is 14.6 Å². The van der Waals surface area contributed by atoms with Crippen molar-refractivity contribution in [1.29, 1.82) is 0 Å². The smallest absolute Gasteiger partial charge is 0.125 e. The van der Waals surface area contributed by atoms with Gasteiger partial charge in [-0.1, -0.05) is 16.7 Å². The molecule has 0 spiro atoms. The van der Waals surface area contributed by atoms with E-state index in [1.165, 1.54) is 6.07 Å². The quantitative estimate of drug-likeness (QED) is 0.483. The van der Waals surface area contributed by atoms with Crippen molar-refractivity contribution in [2.75, 3.05) is 6.54 Å². The molecule has 2 unspecified atom stereocenters. The van der Waals surface area contributed by atoms with E-state index in [1.807, 2.05) is 0 Å². The number of azide groups is 1. The summed E-state index contributed by atoms with van der Waals surface area (Å²) >= 11 is 5.63. The van der Waals surface area contributed by atoms with Gasteiger partial charge in [-0.2, -0.15) is 0 Å². The Balaban J connectivity index is 2.73. The fraction of sp³-hybridized carbons (Fsp3) is 0.400. The van der Waals surface area contributed by atoms with Crippen molar-refractivity contribution in [3.05, 3.63) is 45.0 Å². The molecular weight excluding hydrogens is 249 g/mol. The van der Waals surface area contributed by atoms with Gasteiger partial charge < -0.3 is 10.2 Å². The van der Waals surface area contributed by atoms with Gasteiger partial charge in [0.25, 0.3) is 0 Å². The van der Waals surface area contributed by atoms with Crippen LogP contribution in [0.5, 0.6) is 0 Å². The van der Waals surface area contributed by atoms with Crippen LogP contribution >= 0.6 is 11.6 Å². The van der Waals surface area contributed by atoms with E-state index < -0.39 is 18.0 Å². The summed E-state index contributed by atoms with van der Waals surface area (Å²) in [6.45, 7) is 0.0533. The third kappa shape index (κ3) is 4.20. The molecule has 7 heteroatoms. The highest BCUT2D eigenvalue weighted by molar-refractivity contribution is 6.30. The van der Waals surface area contributed by atoms with E-state index >= 15 is 0 Å². The van der Waals surface area contributed by atoms with Gasteiger partial charge in [0, 0.05) is 16.5 Å². The van der Waals surface area contributed by atoms with Gasteiger partial charge in [-0.15, -0.1) is 0 Å². The third-order valence-electron chi connectivity index (χ3n) is 2.18. The van der Waals surface area contributed by atoms with Crippen LogP contribution in [0.4, 0.5) is 4.39 Å². The summed E-state index contributed by atoms with van der Waals surface area (Å²) in [5.41, 5.74) is 8.24. The standard InChI is InChI=1S/C10H11ClFN3O2/c11-7-3-6(4-8(12)5-7)10(17)9(16)1-2-14-15-13/h3-5,9-10,16-17H,1-2H2. The summed E-state index contributed by atoms with van der Waals surface area (Å²) in [6, 6.07) is 3.56. The molecule has 92 valence electrons. The summed E-state index contributed by atoms with van der Waals surface area (Å²) in [4.78, 5) is 2.52. The molecule has 0 radical (unpaired) electrons. The highest BCUT2D eigenvalue weighted by atomic mass is 35.5. The van der Waals surface area contributed by atoms with Crippen molar-refractivity contribution >= 4 is 11.6 Å². The summed E-state index contributed by atoms with van der Waals surface area (Å²) in [7, 11) is 0. The molecule has 0 aliphatic carbocycles. The predicted octanol–water partition coefficient (Wildman–Crippen LogP) is 2.57. The molecule has 0 saturated carbocycles. The maximum absolute atomic E-state index is 13.0. The highest BCUT2D eigenvalue weighted by Gasteiger charge is 2.18. The number of halogens is 2. The van der Waals surface area contributed by atoms with Gasteiger partial charge in [0.1, 0.15) is 11.9 Å². The molecule has 5 nitrogen and oxygen atoms in total. The van der Waals surface area contributed by atoms with Crippen LogP contribution < -0.4 is 0 Å². The highest BCUT2D eigenvalue weighted by Crippen LogP contribution is 2.23. The van der Waals surface area contributed by atoms with E-state index in [4.69, 9.17) is 17.1 Å². The Hall–Kier alpha value is -1.33. The predicted molar refractivity (Wildman–Crippen MR) is 61.0 cm³/mol. The summed E-state index contributed by atoms with van der Waals surface area (Å²) in [5.74, 6) is -0.589. The summed E-state index contributed by atoms with van der Waals surface area (Å²) < 4.78 is 13.0. The number of hydrogen-bond donors (Lipinski definition) is 2. The minimum Gasteiger partial charge on any atom is -0.390 e. The molecule has 1 rings (SSSR count). The molecule has 0 aliphatic rings. The van der Waals surface area contributed by atoms with Crippen molar-refractivity contribution in [1.82, 2.24) is 0 Å². The van der Waals surface area contributed by atoms with Crippen LogP contribution in [0.25, 0.3) is 10.4 Å². The minimum atomic E-state index is -1.27. The second-order valence-corrected chi connectivity index (χ2v) is 3.89. The monoisotopic (exact) mass is 259 g/mol. The Morgan fingerprint density at radius 2 is 2.12 bits per heavy atom. The van der Waals surface area contributed by atoms with E-state index in [-0.39, 0.29) is 23.6 Å². The Kier molecular flexibility index (Phi) is 5.18. The summed E-state index contributed by atoms with van der Waals surface area (Å²) in [6.07, 6.45) is -2.32. The van der Waals surface area contributed by atoms with Crippen LogP contribution in [0, 0.1) is 5.82 Å². The first-order valence-corrected chi connectivity index (χ1v) is 5.25. The number of aliphatic hydroxyl groups excluding tert-OH is 2. The first kappa shape index (κ1) is 13.7. The molecule has 0 amide bonds. The number of aliphatic hydroxyl groups is 2. The van der Waals surface area contributed by atoms with Gasteiger partial charge in [-0.05, 0) is 35.7 Å². The van der Waals surface area contributed by atoms with Crippen molar-refractivity contribution in [3.8, 4) is 0 Å². The SMILES string of the molecule is [N-]=[N+]=NCCC(O)C(O)c1cc(F)cc(Cl)c1. The van der Waals surface area contributed by atoms with Gasteiger partial charge in [-0.25, -0.2) is 4.39 Å². The number of rotatable bonds is 5. The Labute approximate surface area is 102 Å². The maximum Gasteiger partial charge on any atom is 0.125 e. The summed E-state index contributed by atoms with van der Waals surface area (Å²) in [5, 5.41) is 22.7. The van der Waals surface area contributed by atoms with Crippen LogP contribution in [0.2, 0.25) is 5.02 Å². The fourth-order valence-corrected chi connectivity index (χ4v) is 1.59. The molecule has 0 bridgehead atoms. The minimum absolute atomic E-state index is 0.0533. The Bertz CT molecular complexity index is 417. The average Bonchev–Trinajstić information content (AvgIpc) is 2.27. The van der Waals surface area contributed by atoms with Gasteiger partial charge in [0.05, 0.1) is 6.10 Å². The van der Waals surface area contributed by atoms with Crippen molar-refractivity contribution in [3.63, 3.8) is 0 Å². The average molecular weight is 260 g/mol. The van der Waals surface area contributed by atoms with Crippen LogP contribution in [-0.2, 0) is 0 Å². The van der Waals surface area contributed by atoms with Crippen molar-refractivity contribution in [2.24, 2.45) is 5.11 Å². The number of benzene rings is 1. The van der Waals surface area contributed by atoms with E-state index in [2.05, 4.69) is 10.0 Å². The van der Waals surface area contributed by atoms with Gasteiger partial charge >= 0.3 is 0 Å². The zero-order valence-electron chi connectivity index (χ0n) is 8.79. The lowest BCUT2D eigenvalue weighted by Crippen LogP contribution is -2.19. The normalized spacial score (nSPS) is 13.9. The Morgan fingerprint density at radius 3 is 2.71 bits per heavy atom. The molecule has 0 aliphatic heterocycles. The molecule has 1 aromatic carbocycles. The zero-order chi connectivity index (χ0) is 12.8. The first-order valence-electron chi connectivity index (χ1n) is 4.87. The van der Waals surface area contributed by atoms with Crippen LogP contribution in [0.15, 0.2) is 23.3 Å². The van der Waals surface area contributed by atoms with Gasteiger partial charge in [0.2, 0.25) is 0 Å². The Morgan fingerprint density at radius 1 is 1.41 bits per heavy atom. The maximum atomic E-state index is 13.0. The van der Waals surface area contributed by atoms with Crippen LogP contribution in [-0.4, -0.2) is 22.9 Å². The third-order valence-corrected chi connectivity index (χ3v) is 2.40. The molecule has 2 atom stereocenters. The van der Waals surface area contributed by atoms with Crippen LogP contribution in [0.3, 0.4) is 0 Å². The topological polar surface area (TPSA) is 89.2 Å². The number of hydrogen-bond acceptors (Lipinski definition) is 3. The van der Waals surface area contributed by atoms with Gasteiger partial charge in [0.15, 0.2) is 0 Å². The fourth-order valence-electron chi connectivity index (χ4n) is 1.36. The van der Waals surface area contributed by atoms with E-state index in [0.717, 1.165) is 12.1 Å². The molecule has 1 aromatic rings. The molecule has 17 heavy (non-hydrogen) atoms. The number of nitrogens with zero attached hydrogens (tertiary/aromatic N) is 3. The molecule has 0 saturated heterocycles.